The maximum absolute atomic E-state index is 10.3. The van der Waals surface area contributed by atoms with E-state index in [1.807, 2.05) is 0 Å². The average Bonchev–Trinajstić information content (AvgIpc) is 2.93. The zero-order valence-corrected chi connectivity index (χ0v) is 12.7. The molecule has 0 aromatic carbocycles. The van der Waals surface area contributed by atoms with Crippen LogP contribution in [0.25, 0.3) is 0 Å². The Hall–Kier alpha value is -1.05. The van der Waals surface area contributed by atoms with Crippen LogP contribution in [0, 0.1) is 5.92 Å². The number of hydrogen-bond donors (Lipinski definition) is 1. The first kappa shape index (κ1) is 17.0. The Morgan fingerprint density at radius 3 is 2.40 bits per heavy atom. The smallest absolute Gasteiger partial charge is 0.303 e. The zero-order valence-electron chi connectivity index (χ0n) is 12.7. The van der Waals surface area contributed by atoms with Gasteiger partial charge < -0.3 is 5.11 Å². The van der Waals surface area contributed by atoms with E-state index >= 15 is 0 Å². The number of hydrogen-bond acceptors (Lipinski definition) is 1. The predicted octanol–water partition coefficient (Wildman–Crippen LogP) is 5.49. The number of unbranched alkanes of at least 4 members (excludes halogenated alkanes) is 6. The molecule has 1 aliphatic rings. The number of rotatable bonds is 12. The first-order valence-electron chi connectivity index (χ1n) is 8.32. The van der Waals surface area contributed by atoms with Crippen molar-refractivity contribution >= 4 is 5.97 Å². The molecule has 0 amide bonds. The van der Waals surface area contributed by atoms with E-state index in [0.717, 1.165) is 25.2 Å². The van der Waals surface area contributed by atoms with E-state index in [1.165, 1.54) is 51.4 Å². The van der Waals surface area contributed by atoms with Gasteiger partial charge in [0.2, 0.25) is 0 Å². The third-order valence-electron chi connectivity index (χ3n) is 3.99. The molecular weight excluding hydrogens is 248 g/mol. The lowest BCUT2D eigenvalue weighted by molar-refractivity contribution is -0.137. The van der Waals surface area contributed by atoms with Crippen molar-refractivity contribution in [1.82, 2.24) is 0 Å². The minimum absolute atomic E-state index is 0.310. The van der Waals surface area contributed by atoms with Gasteiger partial charge in [0.25, 0.3) is 0 Å². The summed E-state index contributed by atoms with van der Waals surface area (Å²) in [5.41, 5.74) is 0. The fourth-order valence-corrected chi connectivity index (χ4v) is 2.73. The number of aliphatic carboxylic acids is 1. The van der Waals surface area contributed by atoms with Gasteiger partial charge in [0, 0.05) is 6.42 Å². The minimum atomic E-state index is -0.679. The van der Waals surface area contributed by atoms with Crippen LogP contribution >= 0.6 is 0 Å². The summed E-state index contributed by atoms with van der Waals surface area (Å²) in [6, 6.07) is 0. The van der Waals surface area contributed by atoms with E-state index in [1.54, 1.807) is 0 Å². The second-order valence-corrected chi connectivity index (χ2v) is 5.87. The summed E-state index contributed by atoms with van der Waals surface area (Å²) >= 11 is 0. The number of allylic oxidation sites excluding steroid dienone is 4. The van der Waals surface area contributed by atoms with E-state index in [0.29, 0.717) is 6.42 Å². The molecule has 0 radical (unpaired) electrons. The molecule has 0 aliphatic heterocycles. The van der Waals surface area contributed by atoms with E-state index < -0.39 is 5.97 Å². The molecule has 0 aromatic heterocycles. The summed E-state index contributed by atoms with van der Waals surface area (Å²) in [5, 5.41) is 8.50. The normalized spacial score (nSPS) is 18.1. The molecule has 1 atom stereocenters. The molecule has 0 bridgehead atoms. The summed E-state index contributed by atoms with van der Waals surface area (Å²) < 4.78 is 0. The van der Waals surface area contributed by atoms with Gasteiger partial charge in [0.1, 0.15) is 0 Å². The highest BCUT2D eigenvalue weighted by molar-refractivity contribution is 5.66. The Bertz CT molecular complexity index is 305. The minimum Gasteiger partial charge on any atom is -0.481 e. The standard InChI is InChI=1S/C18H30O2/c19-18(20)16-10-8-6-4-2-1-3-5-7-9-13-17-14-11-12-15-17/h2,4,11,14,17H,1,3,5-10,12-13,15-16H2,(H,19,20)/b4-2+/t17-/m1/s1. The molecular formula is C18H30O2. The first-order valence-corrected chi connectivity index (χ1v) is 8.32. The van der Waals surface area contributed by atoms with Gasteiger partial charge in [-0.3, -0.25) is 4.79 Å². The van der Waals surface area contributed by atoms with Gasteiger partial charge in [0.05, 0.1) is 0 Å². The summed E-state index contributed by atoms with van der Waals surface area (Å²) in [7, 11) is 0. The molecule has 0 fully saturated rings. The van der Waals surface area contributed by atoms with E-state index in [2.05, 4.69) is 24.3 Å². The van der Waals surface area contributed by atoms with Gasteiger partial charge in [-0.2, -0.15) is 0 Å². The lowest BCUT2D eigenvalue weighted by Gasteiger charge is -2.06. The van der Waals surface area contributed by atoms with Crippen LogP contribution in [0.15, 0.2) is 24.3 Å². The highest BCUT2D eigenvalue weighted by atomic mass is 16.4. The van der Waals surface area contributed by atoms with Gasteiger partial charge >= 0.3 is 5.97 Å². The molecule has 0 saturated carbocycles. The molecule has 114 valence electrons. The lowest BCUT2D eigenvalue weighted by Crippen LogP contribution is -1.92. The molecule has 2 nitrogen and oxygen atoms in total. The quantitative estimate of drug-likeness (QED) is 0.378. The van der Waals surface area contributed by atoms with E-state index in [-0.39, 0.29) is 0 Å². The molecule has 0 heterocycles. The Morgan fingerprint density at radius 2 is 1.75 bits per heavy atom. The van der Waals surface area contributed by atoms with Gasteiger partial charge in [0.15, 0.2) is 0 Å². The molecule has 0 saturated heterocycles. The van der Waals surface area contributed by atoms with Crippen molar-refractivity contribution in [3.63, 3.8) is 0 Å². The first-order chi connectivity index (χ1) is 9.79. The van der Waals surface area contributed by atoms with Crippen LogP contribution in [0.4, 0.5) is 0 Å². The Balaban J connectivity index is 1.77. The molecule has 0 spiro atoms. The molecule has 1 N–H and O–H groups in total. The van der Waals surface area contributed by atoms with Crippen LogP contribution in [0.2, 0.25) is 0 Å². The van der Waals surface area contributed by atoms with Crippen molar-refractivity contribution in [2.45, 2.75) is 77.0 Å². The molecule has 1 rings (SSSR count). The van der Waals surface area contributed by atoms with Crippen molar-refractivity contribution < 1.29 is 9.90 Å². The van der Waals surface area contributed by atoms with Gasteiger partial charge in [-0.1, -0.05) is 43.6 Å². The second-order valence-electron chi connectivity index (χ2n) is 5.87. The maximum Gasteiger partial charge on any atom is 0.303 e. The van der Waals surface area contributed by atoms with Gasteiger partial charge in [-0.15, -0.1) is 0 Å². The maximum atomic E-state index is 10.3. The van der Waals surface area contributed by atoms with Crippen LogP contribution < -0.4 is 0 Å². The molecule has 0 aromatic rings. The summed E-state index contributed by atoms with van der Waals surface area (Å²) in [6.07, 6.45) is 23.0. The lowest BCUT2D eigenvalue weighted by atomic mass is 10.00. The number of carbonyl (C=O) groups is 1. The van der Waals surface area contributed by atoms with Gasteiger partial charge in [-0.25, -0.2) is 0 Å². The highest BCUT2D eigenvalue weighted by Crippen LogP contribution is 2.23. The second kappa shape index (κ2) is 11.7. The number of carboxylic acids is 1. The van der Waals surface area contributed by atoms with Gasteiger partial charge in [-0.05, 0) is 57.3 Å². The monoisotopic (exact) mass is 278 g/mol. The van der Waals surface area contributed by atoms with Crippen LogP contribution in [0.5, 0.6) is 0 Å². The Kier molecular flexibility index (Phi) is 9.99. The predicted molar refractivity (Wildman–Crippen MR) is 84.8 cm³/mol. The highest BCUT2D eigenvalue weighted by Gasteiger charge is 2.07. The fraction of sp³-hybridized carbons (Fsp3) is 0.722. The summed E-state index contributed by atoms with van der Waals surface area (Å²) in [6.45, 7) is 0. The third kappa shape index (κ3) is 9.82. The van der Waals surface area contributed by atoms with E-state index in [9.17, 15) is 4.79 Å². The molecule has 20 heavy (non-hydrogen) atoms. The van der Waals surface area contributed by atoms with Crippen molar-refractivity contribution in [2.24, 2.45) is 5.92 Å². The molecule has 0 unspecified atom stereocenters. The topological polar surface area (TPSA) is 37.3 Å². The fourth-order valence-electron chi connectivity index (χ4n) is 2.73. The van der Waals surface area contributed by atoms with Crippen LogP contribution in [0.1, 0.15) is 77.0 Å². The third-order valence-corrected chi connectivity index (χ3v) is 3.99. The van der Waals surface area contributed by atoms with Crippen LogP contribution in [-0.2, 0) is 4.79 Å². The van der Waals surface area contributed by atoms with Crippen LogP contribution in [0.3, 0.4) is 0 Å². The zero-order chi connectivity index (χ0) is 14.5. The van der Waals surface area contributed by atoms with Crippen molar-refractivity contribution in [3.05, 3.63) is 24.3 Å². The molecule has 2 heteroatoms. The van der Waals surface area contributed by atoms with Crippen molar-refractivity contribution in [2.75, 3.05) is 0 Å². The van der Waals surface area contributed by atoms with Crippen molar-refractivity contribution in [1.29, 1.82) is 0 Å². The molecule has 1 aliphatic carbocycles. The number of carboxylic acid groups (broad SMARTS) is 1. The summed E-state index contributed by atoms with van der Waals surface area (Å²) in [5.74, 6) is 0.197. The Morgan fingerprint density at radius 1 is 1.05 bits per heavy atom. The van der Waals surface area contributed by atoms with E-state index in [4.69, 9.17) is 5.11 Å². The summed E-state index contributed by atoms with van der Waals surface area (Å²) in [4.78, 5) is 10.3. The van der Waals surface area contributed by atoms with Crippen molar-refractivity contribution in [3.8, 4) is 0 Å². The SMILES string of the molecule is O=C(O)CCCC/C=C/CCCCCC[C@@H]1C=CCC1. The Labute approximate surface area is 124 Å². The average molecular weight is 278 g/mol. The van der Waals surface area contributed by atoms with Crippen LogP contribution in [-0.4, -0.2) is 11.1 Å². The largest absolute Gasteiger partial charge is 0.481 e.